The highest BCUT2D eigenvalue weighted by atomic mass is 35.5. The molecule has 32 heavy (non-hydrogen) atoms. The molecule has 166 valence electrons. The van der Waals surface area contributed by atoms with Crippen molar-refractivity contribution in [3.05, 3.63) is 80.0 Å². The molecular formula is C24H23Cl2N3O2S. The van der Waals surface area contributed by atoms with Crippen molar-refractivity contribution in [2.24, 2.45) is 5.16 Å². The summed E-state index contributed by atoms with van der Waals surface area (Å²) < 4.78 is 0.591. The minimum atomic E-state index is -0.191. The number of oxime groups is 1. The van der Waals surface area contributed by atoms with Crippen LogP contribution in [0.4, 0.5) is 0 Å². The van der Waals surface area contributed by atoms with Crippen molar-refractivity contribution in [2.75, 3.05) is 20.6 Å². The molecule has 1 aromatic heterocycles. The molecule has 5 nitrogen and oxygen atoms in total. The van der Waals surface area contributed by atoms with Gasteiger partial charge in [0.1, 0.15) is 6.10 Å². The summed E-state index contributed by atoms with van der Waals surface area (Å²) in [5.41, 5.74) is 5.32. The quantitative estimate of drug-likeness (QED) is 0.464. The molecule has 4 rings (SSSR count). The first kappa shape index (κ1) is 22.8. The fraction of sp³-hybridized carbons (Fsp3) is 0.250. The number of carbonyl (C=O) groups excluding carboxylic acids is 1. The Balaban J connectivity index is 1.39. The molecule has 1 amide bonds. The smallest absolute Gasteiger partial charge is 0.261 e. The summed E-state index contributed by atoms with van der Waals surface area (Å²) >= 11 is 13.4. The number of hydrogen-bond acceptors (Lipinski definition) is 5. The number of nitrogens with zero attached hydrogens (tertiary/aromatic N) is 2. The third-order valence-electron chi connectivity index (χ3n) is 5.11. The van der Waals surface area contributed by atoms with Gasteiger partial charge in [0.2, 0.25) is 0 Å². The Morgan fingerprint density at radius 2 is 1.88 bits per heavy atom. The SMILES string of the molecule is CN(C)Cc1ccc(Cl)cc1-c1ccc(C2=NOC(CNC(=O)c3ccc(Cl)s3)C2)cc1. The van der Waals surface area contributed by atoms with E-state index >= 15 is 0 Å². The van der Waals surface area contributed by atoms with Crippen molar-refractivity contribution in [1.29, 1.82) is 0 Å². The zero-order chi connectivity index (χ0) is 22.7. The van der Waals surface area contributed by atoms with Crippen molar-refractivity contribution in [1.82, 2.24) is 10.2 Å². The van der Waals surface area contributed by atoms with Gasteiger partial charge in [0.15, 0.2) is 0 Å². The molecule has 0 bridgehead atoms. The van der Waals surface area contributed by atoms with E-state index in [2.05, 4.69) is 33.6 Å². The second kappa shape index (κ2) is 10.0. The van der Waals surface area contributed by atoms with Crippen LogP contribution in [0, 0.1) is 0 Å². The molecule has 3 aromatic rings. The number of rotatable bonds is 7. The third-order valence-corrected chi connectivity index (χ3v) is 6.57. The van der Waals surface area contributed by atoms with Crippen LogP contribution in [-0.2, 0) is 11.4 Å². The van der Waals surface area contributed by atoms with Gasteiger partial charge in [-0.3, -0.25) is 4.79 Å². The summed E-state index contributed by atoms with van der Waals surface area (Å²) in [6, 6.07) is 17.7. The molecule has 0 saturated heterocycles. The fourth-order valence-electron chi connectivity index (χ4n) is 3.58. The lowest BCUT2D eigenvalue weighted by atomic mass is 9.96. The number of benzene rings is 2. The second-order valence-electron chi connectivity index (χ2n) is 7.90. The number of thiophene rings is 1. The topological polar surface area (TPSA) is 53.9 Å². The summed E-state index contributed by atoms with van der Waals surface area (Å²) in [6.07, 6.45) is 0.442. The van der Waals surface area contributed by atoms with Gasteiger partial charge in [0.05, 0.1) is 21.5 Å². The van der Waals surface area contributed by atoms with Crippen molar-refractivity contribution in [3.8, 4) is 11.1 Å². The molecule has 8 heteroatoms. The number of halogens is 2. The fourth-order valence-corrected chi connectivity index (χ4v) is 4.71. The molecule has 0 fully saturated rings. The molecular weight excluding hydrogens is 465 g/mol. The molecule has 0 aliphatic carbocycles. The number of amides is 1. The molecule has 1 aliphatic heterocycles. The van der Waals surface area contributed by atoms with Crippen molar-refractivity contribution in [3.63, 3.8) is 0 Å². The Kier molecular flexibility index (Phi) is 7.16. The summed E-state index contributed by atoms with van der Waals surface area (Å²) in [7, 11) is 4.10. The Hall–Kier alpha value is -2.38. The van der Waals surface area contributed by atoms with E-state index in [4.69, 9.17) is 28.0 Å². The zero-order valence-corrected chi connectivity index (χ0v) is 20.1. The first-order chi connectivity index (χ1) is 15.4. The van der Waals surface area contributed by atoms with Gasteiger partial charge in [-0.2, -0.15) is 0 Å². The van der Waals surface area contributed by atoms with E-state index in [1.807, 2.05) is 38.4 Å². The number of carbonyl (C=O) groups is 1. The lowest BCUT2D eigenvalue weighted by Gasteiger charge is -2.15. The van der Waals surface area contributed by atoms with Gasteiger partial charge >= 0.3 is 0 Å². The monoisotopic (exact) mass is 487 g/mol. The minimum absolute atomic E-state index is 0.154. The van der Waals surface area contributed by atoms with Gasteiger partial charge in [0.25, 0.3) is 5.91 Å². The van der Waals surface area contributed by atoms with Crippen molar-refractivity contribution in [2.45, 2.75) is 19.1 Å². The molecule has 0 radical (unpaired) electrons. The van der Waals surface area contributed by atoms with Crippen LogP contribution < -0.4 is 5.32 Å². The van der Waals surface area contributed by atoms with Crippen LogP contribution in [0.15, 0.2) is 59.8 Å². The molecule has 1 unspecified atom stereocenters. The minimum Gasteiger partial charge on any atom is -0.390 e. The molecule has 2 aromatic carbocycles. The van der Waals surface area contributed by atoms with Crippen molar-refractivity contribution < 1.29 is 9.63 Å². The van der Waals surface area contributed by atoms with Gasteiger partial charge in [-0.1, -0.05) is 58.7 Å². The molecule has 0 spiro atoms. The zero-order valence-electron chi connectivity index (χ0n) is 17.8. The molecule has 1 atom stereocenters. The van der Waals surface area contributed by atoms with E-state index < -0.39 is 0 Å². The maximum atomic E-state index is 12.2. The third kappa shape index (κ3) is 5.51. The highest BCUT2D eigenvalue weighted by molar-refractivity contribution is 7.18. The standard InChI is InChI=1S/C24H23Cl2N3O2S/c1-29(2)14-17-7-8-18(25)11-20(17)15-3-5-16(6-4-15)21-12-19(31-28-21)13-27-24(30)22-9-10-23(26)32-22/h3-11,19H,12-14H2,1-2H3,(H,27,30). The first-order valence-electron chi connectivity index (χ1n) is 10.2. The van der Waals surface area contributed by atoms with Gasteiger partial charge < -0.3 is 15.1 Å². The van der Waals surface area contributed by atoms with Crippen LogP contribution in [0.1, 0.15) is 27.2 Å². The van der Waals surface area contributed by atoms with Crippen LogP contribution in [0.3, 0.4) is 0 Å². The summed E-state index contributed by atoms with van der Waals surface area (Å²) in [4.78, 5) is 20.4. The van der Waals surface area contributed by atoms with Crippen molar-refractivity contribution >= 4 is 46.2 Å². The second-order valence-corrected chi connectivity index (χ2v) is 10.1. The van der Waals surface area contributed by atoms with Gasteiger partial charge in [-0.25, -0.2) is 0 Å². The predicted octanol–water partition coefficient (Wildman–Crippen LogP) is 5.71. The Morgan fingerprint density at radius 3 is 2.56 bits per heavy atom. The summed E-state index contributed by atoms with van der Waals surface area (Å²) in [5, 5.41) is 7.83. The highest BCUT2D eigenvalue weighted by Crippen LogP contribution is 2.29. The van der Waals surface area contributed by atoms with Crippen LogP contribution in [0.25, 0.3) is 11.1 Å². The molecule has 2 heterocycles. The summed E-state index contributed by atoms with van der Waals surface area (Å²) in [5.74, 6) is -0.154. The Morgan fingerprint density at radius 1 is 1.12 bits per heavy atom. The van der Waals surface area contributed by atoms with E-state index in [1.165, 1.54) is 16.9 Å². The van der Waals surface area contributed by atoms with Gasteiger partial charge in [0, 0.05) is 18.0 Å². The lowest BCUT2D eigenvalue weighted by Crippen LogP contribution is -2.31. The maximum absolute atomic E-state index is 12.2. The lowest BCUT2D eigenvalue weighted by molar-refractivity contribution is 0.0755. The Labute approximate surface area is 201 Å². The average Bonchev–Trinajstić information content (AvgIpc) is 3.42. The van der Waals surface area contributed by atoms with Crippen LogP contribution in [-0.4, -0.2) is 43.3 Å². The van der Waals surface area contributed by atoms with Crippen LogP contribution in [0.5, 0.6) is 0 Å². The van der Waals surface area contributed by atoms with E-state index in [-0.39, 0.29) is 12.0 Å². The first-order valence-corrected chi connectivity index (χ1v) is 11.8. The van der Waals surface area contributed by atoms with Gasteiger partial charge in [-0.05, 0) is 60.6 Å². The average molecular weight is 488 g/mol. The van der Waals surface area contributed by atoms with E-state index in [0.29, 0.717) is 22.2 Å². The van der Waals surface area contributed by atoms with E-state index in [0.717, 1.165) is 34.0 Å². The maximum Gasteiger partial charge on any atom is 0.261 e. The van der Waals surface area contributed by atoms with Crippen LogP contribution in [0.2, 0.25) is 9.36 Å². The van der Waals surface area contributed by atoms with E-state index in [1.54, 1.807) is 12.1 Å². The molecule has 1 aliphatic rings. The normalized spacial score (nSPS) is 15.5. The molecule has 0 saturated carbocycles. The van der Waals surface area contributed by atoms with Crippen LogP contribution >= 0.6 is 34.5 Å². The highest BCUT2D eigenvalue weighted by Gasteiger charge is 2.23. The predicted molar refractivity (Wildman–Crippen MR) is 132 cm³/mol. The Bertz CT molecular complexity index is 1140. The largest absolute Gasteiger partial charge is 0.390 e. The summed E-state index contributed by atoms with van der Waals surface area (Å²) in [6.45, 7) is 1.22. The number of hydrogen-bond donors (Lipinski definition) is 1. The van der Waals surface area contributed by atoms with E-state index in [9.17, 15) is 4.79 Å². The number of nitrogens with one attached hydrogen (secondary N) is 1. The van der Waals surface area contributed by atoms with Gasteiger partial charge in [-0.15, -0.1) is 11.3 Å². The molecule has 1 N–H and O–H groups in total.